The van der Waals surface area contributed by atoms with Crippen LogP contribution in [0.15, 0.2) is 40.2 Å². The van der Waals surface area contributed by atoms with Crippen LogP contribution in [-0.2, 0) is 14.6 Å². The molecule has 0 aromatic heterocycles. The van der Waals surface area contributed by atoms with E-state index >= 15 is 0 Å². The van der Waals surface area contributed by atoms with Gasteiger partial charge < -0.3 is 15.4 Å². The van der Waals surface area contributed by atoms with E-state index in [0.717, 1.165) is 6.54 Å². The number of sulfone groups is 1. The predicted octanol–water partition coefficient (Wildman–Crippen LogP) is 1.05. The maximum Gasteiger partial charge on any atom is 0.191 e. The van der Waals surface area contributed by atoms with Gasteiger partial charge in [-0.2, -0.15) is 0 Å². The number of benzene rings is 1. The number of hydrogen-bond donors (Lipinski definition) is 2. The van der Waals surface area contributed by atoms with Crippen molar-refractivity contribution in [2.45, 2.75) is 18.2 Å². The molecule has 0 saturated heterocycles. The Balaban J connectivity index is 2.45. The molecule has 0 amide bonds. The van der Waals surface area contributed by atoms with Crippen LogP contribution in [-0.4, -0.2) is 53.5 Å². The molecule has 0 bridgehead atoms. The highest BCUT2D eigenvalue weighted by Crippen LogP contribution is 2.10. The first-order chi connectivity index (χ1) is 10.6. The van der Waals surface area contributed by atoms with E-state index in [1.54, 1.807) is 37.4 Å². The first kappa shape index (κ1) is 18.4. The minimum atomic E-state index is -3.22. The third-order valence-electron chi connectivity index (χ3n) is 2.89. The quantitative estimate of drug-likeness (QED) is 0.403. The first-order valence-electron chi connectivity index (χ1n) is 7.39. The highest BCUT2D eigenvalue weighted by molar-refractivity contribution is 7.91. The number of rotatable bonds is 9. The second kappa shape index (κ2) is 10.2. The highest BCUT2D eigenvalue weighted by Gasteiger charge is 2.12. The molecule has 1 rings (SSSR count). The summed E-state index contributed by atoms with van der Waals surface area (Å²) in [7, 11) is -1.58. The van der Waals surface area contributed by atoms with Crippen molar-refractivity contribution in [3.63, 3.8) is 0 Å². The van der Waals surface area contributed by atoms with Crippen LogP contribution in [0.1, 0.15) is 13.3 Å². The van der Waals surface area contributed by atoms with Gasteiger partial charge in [0.2, 0.25) is 0 Å². The van der Waals surface area contributed by atoms with E-state index in [-0.39, 0.29) is 5.75 Å². The van der Waals surface area contributed by atoms with Gasteiger partial charge in [0.15, 0.2) is 15.8 Å². The average Bonchev–Trinajstić information content (AvgIpc) is 2.52. The molecule has 0 aliphatic heterocycles. The van der Waals surface area contributed by atoms with E-state index in [9.17, 15) is 8.42 Å². The fraction of sp³-hybridized carbons (Fsp3) is 0.533. The van der Waals surface area contributed by atoms with E-state index in [4.69, 9.17) is 4.74 Å². The molecule has 0 aliphatic carbocycles. The van der Waals surface area contributed by atoms with E-state index in [1.165, 1.54) is 0 Å². The molecule has 124 valence electrons. The molecule has 0 saturated carbocycles. The van der Waals surface area contributed by atoms with Gasteiger partial charge in [0.05, 0.1) is 17.3 Å². The van der Waals surface area contributed by atoms with Crippen LogP contribution in [0.25, 0.3) is 0 Å². The molecule has 0 atom stereocenters. The summed E-state index contributed by atoms with van der Waals surface area (Å²) in [6.45, 7) is 4.43. The number of nitrogens with one attached hydrogen (secondary N) is 2. The molecule has 0 unspecified atom stereocenters. The van der Waals surface area contributed by atoms with Crippen LogP contribution in [0.4, 0.5) is 0 Å². The van der Waals surface area contributed by atoms with Crippen molar-refractivity contribution in [3.05, 3.63) is 30.3 Å². The lowest BCUT2D eigenvalue weighted by Crippen LogP contribution is -2.39. The van der Waals surface area contributed by atoms with Crippen molar-refractivity contribution in [2.24, 2.45) is 4.99 Å². The zero-order chi connectivity index (χ0) is 16.3. The number of nitrogens with zero attached hydrogens (tertiary/aromatic N) is 1. The molecular weight excluding hydrogens is 302 g/mol. The number of ether oxygens (including phenoxy) is 1. The third-order valence-corrected chi connectivity index (χ3v) is 4.70. The number of aliphatic imine (C=N–C) groups is 1. The Labute approximate surface area is 132 Å². The van der Waals surface area contributed by atoms with Gasteiger partial charge in [-0.15, -0.1) is 0 Å². The van der Waals surface area contributed by atoms with Gasteiger partial charge in [-0.1, -0.05) is 18.2 Å². The normalized spacial score (nSPS) is 12.2. The topological polar surface area (TPSA) is 79.8 Å². The van der Waals surface area contributed by atoms with Crippen molar-refractivity contribution in [3.8, 4) is 0 Å². The van der Waals surface area contributed by atoms with Crippen LogP contribution in [0.5, 0.6) is 0 Å². The summed E-state index contributed by atoms with van der Waals surface area (Å²) in [4.78, 5) is 4.72. The monoisotopic (exact) mass is 327 g/mol. The van der Waals surface area contributed by atoms with E-state index in [0.29, 0.717) is 37.0 Å². The molecule has 1 aromatic carbocycles. The van der Waals surface area contributed by atoms with Crippen molar-refractivity contribution in [1.82, 2.24) is 10.6 Å². The van der Waals surface area contributed by atoms with E-state index in [1.807, 2.05) is 6.92 Å². The van der Waals surface area contributed by atoms with Crippen LogP contribution in [0.3, 0.4) is 0 Å². The zero-order valence-electron chi connectivity index (χ0n) is 13.2. The summed E-state index contributed by atoms with van der Waals surface area (Å²) in [6.07, 6.45) is 0.484. The lowest BCUT2D eigenvalue weighted by atomic mass is 10.4. The standard InChI is InChI=1S/C15H25N3O3S/c1-3-16-15(18-11-12-21-2)17-10-7-13-22(19,20)14-8-5-4-6-9-14/h4-6,8-9H,3,7,10-13H2,1-2H3,(H2,16,17,18). The molecule has 0 fully saturated rings. The van der Waals surface area contributed by atoms with Crippen LogP contribution >= 0.6 is 0 Å². The summed E-state index contributed by atoms with van der Waals surface area (Å²) < 4.78 is 29.2. The number of guanidine groups is 1. The largest absolute Gasteiger partial charge is 0.383 e. The summed E-state index contributed by atoms with van der Waals surface area (Å²) in [5, 5.41) is 6.22. The Hall–Kier alpha value is -1.60. The Morgan fingerprint density at radius 2 is 1.95 bits per heavy atom. The lowest BCUT2D eigenvalue weighted by molar-refractivity contribution is 0.203. The predicted molar refractivity (Wildman–Crippen MR) is 89.0 cm³/mol. The molecule has 0 radical (unpaired) electrons. The van der Waals surface area contributed by atoms with Gasteiger partial charge in [0.25, 0.3) is 0 Å². The second-order valence-corrected chi connectivity index (χ2v) is 6.77. The molecule has 2 N–H and O–H groups in total. The van der Waals surface area contributed by atoms with E-state index < -0.39 is 9.84 Å². The fourth-order valence-corrected chi connectivity index (χ4v) is 3.12. The Kier molecular flexibility index (Phi) is 8.54. The van der Waals surface area contributed by atoms with Gasteiger partial charge in [0.1, 0.15) is 0 Å². The van der Waals surface area contributed by atoms with Crippen molar-refractivity contribution < 1.29 is 13.2 Å². The van der Waals surface area contributed by atoms with Crippen LogP contribution in [0.2, 0.25) is 0 Å². The van der Waals surface area contributed by atoms with Crippen LogP contribution < -0.4 is 10.6 Å². The molecule has 7 heteroatoms. The molecule has 1 aromatic rings. The molecule has 6 nitrogen and oxygen atoms in total. The Bertz CT molecular complexity index is 544. The van der Waals surface area contributed by atoms with Gasteiger partial charge in [-0.25, -0.2) is 8.42 Å². The summed E-state index contributed by atoms with van der Waals surface area (Å²) in [6, 6.07) is 8.50. The van der Waals surface area contributed by atoms with Gasteiger partial charge in [-0.05, 0) is 25.5 Å². The Morgan fingerprint density at radius 1 is 1.23 bits per heavy atom. The molecule has 0 spiro atoms. The third kappa shape index (κ3) is 6.91. The van der Waals surface area contributed by atoms with Crippen LogP contribution in [0, 0.1) is 0 Å². The molecular formula is C15H25N3O3S. The summed E-state index contributed by atoms with van der Waals surface area (Å²) >= 11 is 0. The number of hydrogen-bond acceptors (Lipinski definition) is 4. The zero-order valence-corrected chi connectivity index (χ0v) is 14.0. The summed E-state index contributed by atoms with van der Waals surface area (Å²) in [5.74, 6) is 0.773. The minimum absolute atomic E-state index is 0.0952. The van der Waals surface area contributed by atoms with Crippen molar-refractivity contribution in [1.29, 1.82) is 0 Å². The van der Waals surface area contributed by atoms with Gasteiger partial charge >= 0.3 is 0 Å². The minimum Gasteiger partial charge on any atom is -0.383 e. The maximum atomic E-state index is 12.1. The lowest BCUT2D eigenvalue weighted by Gasteiger charge is -2.10. The molecule has 22 heavy (non-hydrogen) atoms. The van der Waals surface area contributed by atoms with Crippen molar-refractivity contribution >= 4 is 15.8 Å². The first-order valence-corrected chi connectivity index (χ1v) is 9.04. The SMILES string of the molecule is CCNC(=NCCCS(=O)(=O)c1ccccc1)NCCOC. The average molecular weight is 327 g/mol. The maximum absolute atomic E-state index is 12.1. The second-order valence-electron chi connectivity index (χ2n) is 4.67. The van der Waals surface area contributed by atoms with Gasteiger partial charge in [-0.3, -0.25) is 4.99 Å². The number of methoxy groups -OCH3 is 1. The molecule has 0 heterocycles. The van der Waals surface area contributed by atoms with Gasteiger partial charge in [0, 0.05) is 26.7 Å². The summed E-state index contributed by atoms with van der Waals surface area (Å²) in [5.41, 5.74) is 0. The van der Waals surface area contributed by atoms with E-state index in [2.05, 4.69) is 15.6 Å². The Morgan fingerprint density at radius 3 is 2.59 bits per heavy atom. The van der Waals surface area contributed by atoms with Crippen molar-refractivity contribution in [2.75, 3.05) is 39.1 Å². The molecule has 0 aliphatic rings. The smallest absolute Gasteiger partial charge is 0.191 e. The fourth-order valence-electron chi connectivity index (χ4n) is 1.80. The highest BCUT2D eigenvalue weighted by atomic mass is 32.2.